The van der Waals surface area contributed by atoms with E-state index in [1.54, 1.807) is 6.07 Å². The summed E-state index contributed by atoms with van der Waals surface area (Å²) in [5.41, 5.74) is 4.00. The molecule has 3 rings (SSSR count). The van der Waals surface area contributed by atoms with Gasteiger partial charge in [0.05, 0.1) is 12.0 Å². The topological polar surface area (TPSA) is 72.5 Å². The zero-order valence-electron chi connectivity index (χ0n) is 22.7. The van der Waals surface area contributed by atoms with E-state index in [4.69, 9.17) is 0 Å². The van der Waals surface area contributed by atoms with E-state index in [1.807, 2.05) is 43.3 Å². The maximum Gasteiger partial charge on any atom is 1.00 e. The Morgan fingerprint density at radius 2 is 1.82 bits per heavy atom. The zero-order chi connectivity index (χ0) is 26.8. The van der Waals surface area contributed by atoms with Crippen molar-refractivity contribution in [2.45, 2.75) is 70.2 Å². The molecule has 0 aliphatic heterocycles. The molecule has 0 aromatic heterocycles. The molecule has 1 saturated carbocycles. The van der Waals surface area contributed by atoms with Gasteiger partial charge in [-0.25, -0.2) is 0 Å². The van der Waals surface area contributed by atoms with E-state index in [0.29, 0.717) is 22.9 Å². The molecule has 1 aliphatic carbocycles. The van der Waals surface area contributed by atoms with Crippen LogP contribution in [-0.2, 0) is 11.3 Å². The largest absolute Gasteiger partial charge is 1.00 e. The average molecular weight is 539 g/mol. The second-order valence-corrected chi connectivity index (χ2v) is 11.1. The second-order valence-electron chi connectivity index (χ2n) is 9.99. The van der Waals surface area contributed by atoms with Crippen molar-refractivity contribution in [1.82, 2.24) is 10.2 Å². The minimum atomic E-state index is -2.60. The van der Waals surface area contributed by atoms with E-state index in [-0.39, 0.29) is 31.0 Å². The summed E-state index contributed by atoms with van der Waals surface area (Å²) in [7, 11) is 2.11. The number of carboxylic acid groups (broad SMARTS) is 1. The van der Waals surface area contributed by atoms with Crippen LogP contribution in [-0.4, -0.2) is 47.9 Å². The maximum absolute atomic E-state index is 13.2. The molecule has 5 nitrogen and oxygen atoms in total. The molecule has 9 heteroatoms. The summed E-state index contributed by atoms with van der Waals surface area (Å²) in [5, 5.41) is 14.1. The number of benzene rings is 2. The molecule has 0 heterocycles. The predicted octanol–water partition coefficient (Wildman–Crippen LogP) is 2.26. The quantitative estimate of drug-likeness (QED) is 0.396. The SMILES string of the molecule is Cc1ccccc1-c1cc(CN(C)CCC2CCCCC2)ccc1C(=O)NC(CCSC(F)F)C(=O)[O-].[Li+]. The van der Waals surface area contributed by atoms with E-state index in [0.717, 1.165) is 35.7 Å². The van der Waals surface area contributed by atoms with Crippen molar-refractivity contribution in [2.24, 2.45) is 5.92 Å². The van der Waals surface area contributed by atoms with Crippen molar-refractivity contribution in [2.75, 3.05) is 19.3 Å². The first-order valence-corrected chi connectivity index (χ1v) is 14.1. The fourth-order valence-corrected chi connectivity index (χ4v) is 5.57. The Hall–Kier alpha value is -1.85. The Labute approximate surface area is 241 Å². The Bertz CT molecular complexity index is 1050. The molecule has 202 valence electrons. The number of nitrogens with one attached hydrogen (secondary N) is 1. The van der Waals surface area contributed by atoms with E-state index < -0.39 is 23.7 Å². The number of nitrogens with zero attached hydrogens (tertiary/aromatic N) is 1. The normalized spacial score (nSPS) is 14.8. The van der Waals surface area contributed by atoms with E-state index in [1.165, 1.54) is 38.5 Å². The van der Waals surface area contributed by atoms with Gasteiger partial charge < -0.3 is 20.1 Å². The molecule has 0 bridgehead atoms. The molecule has 1 unspecified atom stereocenters. The molecule has 2 aromatic rings. The van der Waals surface area contributed by atoms with Crippen LogP contribution < -0.4 is 29.3 Å². The molecule has 2 aromatic carbocycles. The minimum Gasteiger partial charge on any atom is -0.548 e. The third kappa shape index (κ3) is 10.0. The van der Waals surface area contributed by atoms with Gasteiger partial charge in [-0.15, -0.1) is 0 Å². The molecule has 1 N–H and O–H groups in total. The summed E-state index contributed by atoms with van der Waals surface area (Å²) in [6, 6.07) is 12.0. The van der Waals surface area contributed by atoms with Gasteiger partial charge in [0.1, 0.15) is 0 Å². The van der Waals surface area contributed by atoms with E-state index in [2.05, 4.69) is 17.3 Å². The molecule has 0 spiro atoms. The molecule has 1 fully saturated rings. The van der Waals surface area contributed by atoms with Gasteiger partial charge >= 0.3 is 18.9 Å². The number of rotatable bonds is 13. The number of halogens is 2. The minimum absolute atomic E-state index is 0. The fraction of sp³-hybridized carbons (Fsp3) is 0.517. The first-order chi connectivity index (χ1) is 17.7. The number of amides is 1. The molecule has 1 aliphatic rings. The molecule has 0 saturated heterocycles. The van der Waals surface area contributed by atoms with Crippen LogP contribution in [0.4, 0.5) is 8.78 Å². The van der Waals surface area contributed by atoms with Crippen LogP contribution in [0.25, 0.3) is 11.1 Å². The van der Waals surface area contributed by atoms with Crippen molar-refractivity contribution < 1.29 is 42.3 Å². The van der Waals surface area contributed by atoms with Gasteiger partial charge in [0.2, 0.25) is 0 Å². The van der Waals surface area contributed by atoms with Crippen molar-refractivity contribution >= 4 is 23.6 Å². The van der Waals surface area contributed by atoms with Crippen molar-refractivity contribution in [1.29, 1.82) is 0 Å². The number of aryl methyl sites for hydroxylation is 1. The molecular formula is C29H37F2LiN2O3S. The number of thioether (sulfide) groups is 1. The molecule has 0 radical (unpaired) electrons. The number of aliphatic carboxylic acids is 1. The van der Waals surface area contributed by atoms with Gasteiger partial charge in [-0.3, -0.25) is 4.79 Å². The van der Waals surface area contributed by atoms with Crippen LogP contribution in [0, 0.1) is 12.8 Å². The van der Waals surface area contributed by atoms with Gasteiger partial charge in [0.25, 0.3) is 11.7 Å². The number of carbonyl (C=O) groups is 2. The van der Waals surface area contributed by atoms with Crippen LogP contribution in [0.5, 0.6) is 0 Å². The first kappa shape index (κ1) is 32.4. The standard InChI is InChI=1S/C29H38F2N2O3S.Li/c1-20-8-6-7-11-23(20)25-18-22(19-33(2)16-14-21-9-4-3-5-10-21)12-13-24(25)27(34)32-26(28(35)36)15-17-37-29(30)31;/h6-8,11-13,18,21,26,29H,3-5,9-10,14-17,19H2,1-2H3,(H,32,34)(H,35,36);/q;+1/p-1. The van der Waals surface area contributed by atoms with E-state index >= 15 is 0 Å². The van der Waals surface area contributed by atoms with Gasteiger partial charge in [0, 0.05) is 17.9 Å². The Morgan fingerprint density at radius 3 is 2.47 bits per heavy atom. The summed E-state index contributed by atoms with van der Waals surface area (Å²) in [5.74, 6) is -3.95. The summed E-state index contributed by atoms with van der Waals surface area (Å²) < 4.78 is 24.9. The average Bonchev–Trinajstić information content (AvgIpc) is 2.87. The second kappa shape index (κ2) is 16.3. The summed E-state index contributed by atoms with van der Waals surface area (Å²) in [4.78, 5) is 27.1. The number of carbonyl (C=O) groups excluding carboxylic acids is 2. The third-order valence-corrected chi connectivity index (χ3v) is 7.82. The molecule has 38 heavy (non-hydrogen) atoms. The summed E-state index contributed by atoms with van der Waals surface area (Å²) in [6.07, 6.45) is 7.71. The van der Waals surface area contributed by atoms with Crippen molar-refractivity contribution in [3.63, 3.8) is 0 Å². The van der Waals surface area contributed by atoms with Crippen molar-refractivity contribution in [3.05, 3.63) is 59.2 Å². The van der Waals surface area contributed by atoms with Gasteiger partial charge in [-0.2, -0.15) is 8.78 Å². The maximum atomic E-state index is 13.2. The molecular weight excluding hydrogens is 501 g/mol. The molecule has 1 atom stereocenters. The Morgan fingerprint density at radius 1 is 1.11 bits per heavy atom. The zero-order valence-corrected chi connectivity index (χ0v) is 23.5. The van der Waals surface area contributed by atoms with Crippen molar-refractivity contribution in [3.8, 4) is 11.1 Å². The number of hydrogen-bond acceptors (Lipinski definition) is 5. The Balaban J connectivity index is 0.00000507. The fourth-order valence-electron chi connectivity index (χ4n) is 5.02. The van der Waals surface area contributed by atoms with Crippen LogP contribution in [0.15, 0.2) is 42.5 Å². The third-order valence-electron chi connectivity index (χ3n) is 7.10. The predicted molar refractivity (Wildman–Crippen MR) is 143 cm³/mol. The van der Waals surface area contributed by atoms with Crippen LogP contribution >= 0.6 is 11.8 Å². The van der Waals surface area contributed by atoms with Crippen LogP contribution in [0.1, 0.15) is 66.4 Å². The van der Waals surface area contributed by atoms with E-state index in [9.17, 15) is 23.5 Å². The molecule has 1 amide bonds. The monoisotopic (exact) mass is 538 g/mol. The van der Waals surface area contributed by atoms with Gasteiger partial charge in [-0.1, -0.05) is 74.2 Å². The van der Waals surface area contributed by atoms with Gasteiger partial charge in [-0.05, 0) is 73.7 Å². The number of carboxylic acids is 1. The smallest absolute Gasteiger partial charge is 0.548 e. The van der Waals surface area contributed by atoms with Crippen LogP contribution in [0.2, 0.25) is 0 Å². The number of alkyl halides is 2. The van der Waals surface area contributed by atoms with Crippen LogP contribution in [0.3, 0.4) is 0 Å². The summed E-state index contributed by atoms with van der Waals surface area (Å²) in [6.45, 7) is 3.71. The first-order valence-electron chi connectivity index (χ1n) is 13.0. The Kier molecular flexibility index (Phi) is 13.9. The summed E-state index contributed by atoms with van der Waals surface area (Å²) >= 11 is 0.342. The number of hydrogen-bond donors (Lipinski definition) is 1. The van der Waals surface area contributed by atoms with Gasteiger partial charge in [0.15, 0.2) is 0 Å².